The number of rotatable bonds is 8. The van der Waals surface area contributed by atoms with E-state index in [2.05, 4.69) is 25.9 Å². The number of fused-ring (bicyclic) bond motifs is 1. The van der Waals surface area contributed by atoms with Gasteiger partial charge >= 0.3 is 6.18 Å². The summed E-state index contributed by atoms with van der Waals surface area (Å²) in [6.07, 6.45) is -2.37. The van der Waals surface area contributed by atoms with Gasteiger partial charge in [-0.25, -0.2) is 18.3 Å². The van der Waals surface area contributed by atoms with E-state index in [-0.39, 0.29) is 37.2 Å². The molecule has 3 heterocycles. The van der Waals surface area contributed by atoms with E-state index in [9.17, 15) is 31.5 Å². The van der Waals surface area contributed by atoms with Crippen molar-refractivity contribution in [2.45, 2.75) is 76.6 Å². The van der Waals surface area contributed by atoms with Crippen LogP contribution in [0.2, 0.25) is 0 Å². The van der Waals surface area contributed by atoms with Crippen LogP contribution < -0.4 is 10.6 Å². The van der Waals surface area contributed by atoms with Gasteiger partial charge in [0.25, 0.3) is 5.91 Å². The summed E-state index contributed by atoms with van der Waals surface area (Å²) in [5.41, 5.74) is 1.87. The summed E-state index contributed by atoms with van der Waals surface area (Å²) in [5.74, 6) is -4.30. The highest BCUT2D eigenvalue weighted by Gasteiger charge is 2.39. The zero-order chi connectivity index (χ0) is 27.7. The Morgan fingerprint density at radius 2 is 1.95 bits per heavy atom. The van der Waals surface area contributed by atoms with E-state index in [1.165, 1.54) is 17.0 Å². The molecule has 3 aromatic rings. The summed E-state index contributed by atoms with van der Waals surface area (Å²) >= 11 is 0. The Balaban J connectivity index is 1.55. The van der Waals surface area contributed by atoms with Crippen molar-refractivity contribution in [3.05, 3.63) is 47.2 Å². The van der Waals surface area contributed by atoms with E-state index < -0.39 is 48.8 Å². The number of halogens is 5. The van der Waals surface area contributed by atoms with Crippen LogP contribution in [0.15, 0.2) is 29.2 Å². The molecule has 0 aliphatic heterocycles. The molecule has 0 spiro atoms. The van der Waals surface area contributed by atoms with Gasteiger partial charge in [0.1, 0.15) is 11.8 Å². The molecule has 0 bridgehead atoms. The van der Waals surface area contributed by atoms with Gasteiger partial charge < -0.3 is 15.2 Å². The number of nitrogens with zero attached hydrogens (tertiary/aromatic N) is 4. The lowest BCUT2D eigenvalue weighted by molar-refractivity contribution is -0.144. The Hall–Kier alpha value is -3.58. The number of aromatic nitrogens is 4. The third-order valence-corrected chi connectivity index (χ3v) is 6.71. The van der Waals surface area contributed by atoms with Crippen molar-refractivity contribution < 1.29 is 36.1 Å². The Kier molecular flexibility index (Phi) is 7.70. The number of carbonyl (C=O) groups excluding carboxylic acids is 2. The number of hydrogen-bond donors (Lipinski definition) is 2. The van der Waals surface area contributed by atoms with Crippen LogP contribution in [0.4, 0.5) is 22.0 Å². The second kappa shape index (κ2) is 10.7. The van der Waals surface area contributed by atoms with E-state index >= 15 is 0 Å². The number of imidazole rings is 1. The minimum atomic E-state index is -4.43. The maximum Gasteiger partial charge on any atom is 0.389 e. The van der Waals surface area contributed by atoms with Gasteiger partial charge in [-0.2, -0.15) is 18.3 Å². The smallest absolute Gasteiger partial charge is 0.364 e. The molecule has 2 amide bonds. The van der Waals surface area contributed by atoms with Crippen LogP contribution >= 0.6 is 0 Å². The minimum Gasteiger partial charge on any atom is -0.364 e. The molecule has 1 fully saturated rings. The lowest BCUT2D eigenvalue weighted by Crippen LogP contribution is -2.37. The molecule has 1 aliphatic carbocycles. The summed E-state index contributed by atoms with van der Waals surface area (Å²) in [7, 11) is 0. The van der Waals surface area contributed by atoms with E-state index in [4.69, 9.17) is 4.52 Å². The molecule has 0 radical (unpaired) electrons. The SMILES string of the molecule is Cc1nocc1C(=O)N[C@H](c1cn2ncc(C(C)NC(=O)CCC(F)(F)F)cc2n1)C1CCC(F)(F)CC1. The molecule has 14 heteroatoms. The van der Waals surface area contributed by atoms with Crippen LogP contribution in [0.1, 0.15) is 84.8 Å². The van der Waals surface area contributed by atoms with E-state index in [0.717, 1.165) is 0 Å². The second-order valence-corrected chi connectivity index (χ2v) is 9.62. The molecule has 1 saturated carbocycles. The number of nitrogens with one attached hydrogen (secondary N) is 2. The zero-order valence-corrected chi connectivity index (χ0v) is 20.7. The van der Waals surface area contributed by atoms with Crippen molar-refractivity contribution in [2.24, 2.45) is 5.92 Å². The second-order valence-electron chi connectivity index (χ2n) is 9.62. The fraction of sp³-hybridized carbons (Fsp3) is 0.542. The molecule has 1 unspecified atom stereocenters. The van der Waals surface area contributed by atoms with Gasteiger partial charge in [0.05, 0.1) is 42.3 Å². The highest BCUT2D eigenvalue weighted by atomic mass is 19.4. The monoisotopic (exact) mass is 542 g/mol. The lowest BCUT2D eigenvalue weighted by atomic mass is 9.81. The van der Waals surface area contributed by atoms with E-state index in [1.54, 1.807) is 26.1 Å². The standard InChI is InChI=1S/C24H27F5N6O3/c1-13(31-20(36)5-8-24(27,28)29)16-9-19-32-18(11-35(19)30-10-16)21(15-3-6-23(25,26)7-4-15)33-22(37)17-12-38-34-14(17)2/h9-13,15,21H,3-8H2,1-2H3,(H,31,36)(H,33,37)/t13?,21-/m0/s1. The number of carbonyl (C=O) groups is 2. The van der Waals surface area contributed by atoms with Gasteiger partial charge in [0.15, 0.2) is 5.65 Å². The van der Waals surface area contributed by atoms with Crippen LogP contribution in [0, 0.1) is 12.8 Å². The number of alkyl halides is 5. The Labute approximate surface area is 214 Å². The lowest BCUT2D eigenvalue weighted by Gasteiger charge is -2.33. The molecule has 9 nitrogen and oxygen atoms in total. The molecule has 206 valence electrons. The van der Waals surface area contributed by atoms with Crippen LogP contribution in [0.3, 0.4) is 0 Å². The maximum absolute atomic E-state index is 13.8. The van der Waals surface area contributed by atoms with Gasteiger partial charge in [-0.15, -0.1) is 0 Å². The first-order chi connectivity index (χ1) is 17.8. The van der Waals surface area contributed by atoms with Crippen molar-refractivity contribution in [3.63, 3.8) is 0 Å². The van der Waals surface area contributed by atoms with Crippen molar-refractivity contribution in [1.29, 1.82) is 0 Å². The third-order valence-electron chi connectivity index (χ3n) is 6.71. The molecule has 38 heavy (non-hydrogen) atoms. The average molecular weight is 543 g/mol. The van der Waals surface area contributed by atoms with Crippen molar-refractivity contribution >= 4 is 17.5 Å². The van der Waals surface area contributed by atoms with Crippen LogP contribution in [0.5, 0.6) is 0 Å². The fourth-order valence-electron chi connectivity index (χ4n) is 4.51. The maximum atomic E-state index is 13.8. The Bertz CT molecular complexity index is 1290. The van der Waals surface area contributed by atoms with Crippen LogP contribution in [-0.4, -0.2) is 43.7 Å². The first-order valence-corrected chi connectivity index (χ1v) is 12.1. The molecule has 0 aromatic carbocycles. The summed E-state index contributed by atoms with van der Waals surface area (Å²) in [5, 5.41) is 13.4. The summed E-state index contributed by atoms with van der Waals surface area (Å²) in [6, 6.07) is 0.280. The molecular formula is C24H27F5N6O3. The minimum absolute atomic E-state index is 0.175. The first-order valence-electron chi connectivity index (χ1n) is 12.1. The zero-order valence-electron chi connectivity index (χ0n) is 20.7. The number of aryl methyl sites for hydroxylation is 1. The summed E-state index contributed by atoms with van der Waals surface area (Å²) in [4.78, 5) is 29.4. The van der Waals surface area contributed by atoms with Crippen molar-refractivity contribution in [1.82, 2.24) is 30.4 Å². The molecule has 2 atom stereocenters. The van der Waals surface area contributed by atoms with Gasteiger partial charge in [0.2, 0.25) is 11.8 Å². The Morgan fingerprint density at radius 3 is 2.58 bits per heavy atom. The number of hydrogen-bond acceptors (Lipinski definition) is 6. The highest BCUT2D eigenvalue weighted by molar-refractivity contribution is 5.95. The molecule has 2 N–H and O–H groups in total. The topological polar surface area (TPSA) is 114 Å². The quantitative estimate of drug-likeness (QED) is 0.394. The third kappa shape index (κ3) is 6.64. The summed E-state index contributed by atoms with van der Waals surface area (Å²) < 4.78 is 71.2. The number of amides is 2. The first kappa shape index (κ1) is 27.5. The highest BCUT2D eigenvalue weighted by Crippen LogP contribution is 2.41. The molecule has 4 rings (SSSR count). The van der Waals surface area contributed by atoms with Crippen molar-refractivity contribution in [2.75, 3.05) is 0 Å². The normalized spacial score (nSPS) is 17.8. The Morgan fingerprint density at radius 1 is 1.24 bits per heavy atom. The van der Waals surface area contributed by atoms with Gasteiger partial charge in [-0.1, -0.05) is 5.16 Å². The fourth-order valence-corrected chi connectivity index (χ4v) is 4.51. The predicted octanol–water partition coefficient (Wildman–Crippen LogP) is 4.84. The van der Waals surface area contributed by atoms with E-state index in [0.29, 0.717) is 22.6 Å². The van der Waals surface area contributed by atoms with E-state index in [1.807, 2.05) is 0 Å². The van der Waals surface area contributed by atoms with Gasteiger partial charge in [0, 0.05) is 19.3 Å². The molecule has 1 aliphatic rings. The average Bonchev–Trinajstić information content (AvgIpc) is 3.46. The predicted molar refractivity (Wildman–Crippen MR) is 123 cm³/mol. The largest absolute Gasteiger partial charge is 0.389 e. The van der Waals surface area contributed by atoms with Crippen molar-refractivity contribution in [3.8, 4) is 0 Å². The van der Waals surface area contributed by atoms with Crippen LogP contribution in [0.25, 0.3) is 5.65 Å². The summed E-state index contributed by atoms with van der Waals surface area (Å²) in [6.45, 7) is 3.21. The molecule has 0 saturated heterocycles. The van der Waals surface area contributed by atoms with Crippen LogP contribution in [-0.2, 0) is 4.79 Å². The van der Waals surface area contributed by atoms with Gasteiger partial charge in [-0.3, -0.25) is 9.59 Å². The molecular weight excluding hydrogens is 515 g/mol. The van der Waals surface area contributed by atoms with Gasteiger partial charge in [-0.05, 0) is 44.2 Å². The molecule has 3 aromatic heterocycles.